The van der Waals surface area contributed by atoms with Crippen LogP contribution in [0.25, 0.3) is 21.9 Å². The summed E-state index contributed by atoms with van der Waals surface area (Å²) in [7, 11) is 0. The Labute approximate surface area is 137 Å². The van der Waals surface area contributed by atoms with Crippen molar-refractivity contribution >= 4 is 40.9 Å². The van der Waals surface area contributed by atoms with E-state index in [1.165, 1.54) is 0 Å². The van der Waals surface area contributed by atoms with Crippen LogP contribution in [0.4, 0.5) is 5.69 Å². The third kappa shape index (κ3) is 2.01. The molecule has 3 aromatic carbocycles. The Morgan fingerprint density at radius 2 is 1.65 bits per heavy atom. The zero-order chi connectivity index (χ0) is 16.1. The van der Waals surface area contributed by atoms with Crippen molar-refractivity contribution in [3.05, 3.63) is 59.7 Å². The molecule has 0 fully saturated rings. The molecular formula is C18H12N2O2S. The molecule has 4 nitrogen and oxygen atoms in total. The number of hydrogen-bond donors (Lipinski definition) is 3. The Kier molecular flexibility index (Phi) is 2.92. The summed E-state index contributed by atoms with van der Waals surface area (Å²) >= 11 is 4.28. The lowest BCUT2D eigenvalue weighted by atomic mass is 9.87. The standard InChI is InChI=1S/C18H12N2O2S/c19-13-8-10-2-1-3-12-14(10)16(18(22)20-17(12)21)15(13)9-4-6-11(23)7-5-9/h1-8,23H,19H2,(H,20,21,22). The van der Waals surface area contributed by atoms with Crippen molar-refractivity contribution in [3.63, 3.8) is 0 Å². The Morgan fingerprint density at radius 3 is 2.39 bits per heavy atom. The molecule has 0 bridgehead atoms. The van der Waals surface area contributed by atoms with Crippen LogP contribution in [0.2, 0.25) is 0 Å². The smallest absolute Gasteiger partial charge is 0.259 e. The molecule has 0 saturated heterocycles. The van der Waals surface area contributed by atoms with E-state index >= 15 is 0 Å². The Hall–Kier alpha value is -2.79. The van der Waals surface area contributed by atoms with Gasteiger partial charge in [0.1, 0.15) is 0 Å². The highest BCUT2D eigenvalue weighted by molar-refractivity contribution is 7.80. The van der Waals surface area contributed by atoms with Crippen LogP contribution < -0.4 is 11.1 Å². The summed E-state index contributed by atoms with van der Waals surface area (Å²) in [6.07, 6.45) is 0. The zero-order valence-electron chi connectivity index (χ0n) is 12.0. The monoisotopic (exact) mass is 320 g/mol. The number of carbonyl (C=O) groups is 2. The average Bonchev–Trinajstić information content (AvgIpc) is 2.53. The minimum absolute atomic E-state index is 0.380. The van der Waals surface area contributed by atoms with Gasteiger partial charge < -0.3 is 5.73 Å². The summed E-state index contributed by atoms with van der Waals surface area (Å²) in [5.41, 5.74) is 9.12. The molecule has 1 heterocycles. The highest BCUT2D eigenvalue weighted by Gasteiger charge is 2.29. The fourth-order valence-electron chi connectivity index (χ4n) is 3.07. The van der Waals surface area contributed by atoms with E-state index in [0.29, 0.717) is 27.8 Å². The molecule has 112 valence electrons. The molecular weight excluding hydrogens is 308 g/mol. The van der Waals surface area contributed by atoms with Crippen molar-refractivity contribution in [3.8, 4) is 11.1 Å². The first-order valence-electron chi connectivity index (χ1n) is 7.06. The number of amides is 2. The van der Waals surface area contributed by atoms with E-state index in [2.05, 4.69) is 17.9 Å². The van der Waals surface area contributed by atoms with E-state index in [-0.39, 0.29) is 5.91 Å². The topological polar surface area (TPSA) is 72.2 Å². The molecule has 1 aliphatic heterocycles. The molecule has 0 unspecified atom stereocenters. The first-order valence-corrected chi connectivity index (χ1v) is 7.51. The predicted molar refractivity (Wildman–Crippen MR) is 92.8 cm³/mol. The van der Waals surface area contributed by atoms with Gasteiger partial charge in [0.05, 0.1) is 5.56 Å². The molecule has 5 heteroatoms. The number of anilines is 1. The third-order valence-electron chi connectivity index (χ3n) is 4.05. The number of imide groups is 1. The molecule has 0 aliphatic carbocycles. The maximum absolute atomic E-state index is 12.5. The SMILES string of the molecule is Nc1cc2cccc3c2c(c1-c1ccc(S)cc1)C(=O)NC3=O. The van der Waals surface area contributed by atoms with Crippen molar-refractivity contribution in [2.24, 2.45) is 0 Å². The third-order valence-corrected chi connectivity index (χ3v) is 4.35. The summed E-state index contributed by atoms with van der Waals surface area (Å²) in [5, 5.41) is 3.83. The molecule has 4 rings (SSSR count). The van der Waals surface area contributed by atoms with Gasteiger partial charge in [-0.3, -0.25) is 14.9 Å². The average molecular weight is 320 g/mol. The number of nitrogens with one attached hydrogen (secondary N) is 1. The number of nitrogen functional groups attached to an aromatic ring is 1. The van der Waals surface area contributed by atoms with E-state index in [0.717, 1.165) is 15.8 Å². The second-order valence-corrected chi connectivity index (χ2v) is 5.97. The quantitative estimate of drug-likeness (QED) is 0.366. The molecule has 23 heavy (non-hydrogen) atoms. The number of nitrogens with two attached hydrogens (primary N) is 1. The molecule has 2 amide bonds. The molecule has 1 aliphatic rings. The summed E-state index contributed by atoms with van der Waals surface area (Å²) in [5.74, 6) is -0.800. The molecule has 0 aromatic heterocycles. The Morgan fingerprint density at radius 1 is 0.913 bits per heavy atom. The van der Waals surface area contributed by atoms with Crippen LogP contribution in [-0.4, -0.2) is 11.8 Å². The van der Waals surface area contributed by atoms with Crippen LogP contribution in [0.15, 0.2) is 53.4 Å². The highest BCUT2D eigenvalue weighted by atomic mass is 32.1. The lowest BCUT2D eigenvalue weighted by molar-refractivity contribution is 0.0845. The largest absolute Gasteiger partial charge is 0.398 e. The van der Waals surface area contributed by atoms with Crippen molar-refractivity contribution in [2.45, 2.75) is 4.90 Å². The van der Waals surface area contributed by atoms with E-state index in [1.807, 2.05) is 30.3 Å². The van der Waals surface area contributed by atoms with Crippen LogP contribution in [0.5, 0.6) is 0 Å². The minimum atomic E-state index is -0.420. The van der Waals surface area contributed by atoms with Crippen molar-refractivity contribution in [1.82, 2.24) is 5.32 Å². The molecule has 0 atom stereocenters. The van der Waals surface area contributed by atoms with Gasteiger partial charge in [0.15, 0.2) is 0 Å². The normalized spacial score (nSPS) is 13.3. The molecule has 3 N–H and O–H groups in total. The summed E-state index contributed by atoms with van der Waals surface area (Å²) < 4.78 is 0. The van der Waals surface area contributed by atoms with Gasteiger partial charge in [0, 0.05) is 27.1 Å². The maximum Gasteiger partial charge on any atom is 0.259 e. The van der Waals surface area contributed by atoms with Gasteiger partial charge in [-0.2, -0.15) is 0 Å². The first kappa shape index (κ1) is 13.8. The van der Waals surface area contributed by atoms with Crippen molar-refractivity contribution < 1.29 is 9.59 Å². The fraction of sp³-hybridized carbons (Fsp3) is 0. The minimum Gasteiger partial charge on any atom is -0.398 e. The van der Waals surface area contributed by atoms with Crippen LogP contribution in [0, 0.1) is 0 Å². The number of rotatable bonds is 1. The number of thiol groups is 1. The van der Waals surface area contributed by atoms with Gasteiger partial charge in [0.2, 0.25) is 0 Å². The van der Waals surface area contributed by atoms with Gasteiger partial charge in [-0.05, 0) is 35.2 Å². The van der Waals surface area contributed by atoms with Crippen molar-refractivity contribution in [1.29, 1.82) is 0 Å². The summed E-state index contributed by atoms with van der Waals surface area (Å²) in [6.45, 7) is 0. The summed E-state index contributed by atoms with van der Waals surface area (Å²) in [4.78, 5) is 25.4. The first-order chi connectivity index (χ1) is 11.1. The second-order valence-electron chi connectivity index (χ2n) is 5.45. The fourth-order valence-corrected chi connectivity index (χ4v) is 3.22. The number of benzene rings is 3. The van der Waals surface area contributed by atoms with Gasteiger partial charge in [-0.1, -0.05) is 24.3 Å². The van der Waals surface area contributed by atoms with Gasteiger partial charge in [0.25, 0.3) is 11.8 Å². The molecule has 3 aromatic rings. The van der Waals surface area contributed by atoms with Crippen LogP contribution >= 0.6 is 12.6 Å². The zero-order valence-corrected chi connectivity index (χ0v) is 12.9. The van der Waals surface area contributed by atoms with Crippen LogP contribution in [0.3, 0.4) is 0 Å². The lowest BCUT2D eigenvalue weighted by Gasteiger charge is -2.21. The van der Waals surface area contributed by atoms with E-state index in [9.17, 15) is 9.59 Å². The van der Waals surface area contributed by atoms with Crippen molar-refractivity contribution in [2.75, 3.05) is 5.73 Å². The maximum atomic E-state index is 12.5. The molecule has 0 saturated carbocycles. The Bertz CT molecular complexity index is 994. The summed E-state index contributed by atoms with van der Waals surface area (Å²) in [6, 6.07) is 14.6. The van der Waals surface area contributed by atoms with Gasteiger partial charge >= 0.3 is 0 Å². The van der Waals surface area contributed by atoms with E-state index in [1.54, 1.807) is 18.2 Å². The Balaban J connectivity index is 2.16. The number of carbonyl (C=O) groups excluding carboxylic acids is 2. The van der Waals surface area contributed by atoms with Gasteiger partial charge in [-0.25, -0.2) is 0 Å². The molecule has 0 radical (unpaired) electrons. The highest BCUT2D eigenvalue weighted by Crippen LogP contribution is 2.38. The van der Waals surface area contributed by atoms with Crippen LogP contribution in [0.1, 0.15) is 20.7 Å². The van der Waals surface area contributed by atoms with E-state index in [4.69, 9.17) is 5.73 Å². The van der Waals surface area contributed by atoms with Crippen LogP contribution in [-0.2, 0) is 0 Å². The predicted octanol–water partition coefficient (Wildman–Crippen LogP) is 3.26. The lowest BCUT2D eigenvalue weighted by Crippen LogP contribution is -2.35. The van der Waals surface area contributed by atoms with E-state index < -0.39 is 5.91 Å². The van der Waals surface area contributed by atoms with Gasteiger partial charge in [-0.15, -0.1) is 12.6 Å². The molecule has 0 spiro atoms. The number of hydrogen-bond acceptors (Lipinski definition) is 4. The second kappa shape index (κ2) is 4.86.